The first-order chi connectivity index (χ1) is 5.34. The highest BCUT2D eigenvalue weighted by Crippen LogP contribution is 2.20. The molecule has 0 aromatic heterocycles. The van der Waals surface area contributed by atoms with Gasteiger partial charge in [-0.25, -0.2) is 0 Å². The fourth-order valence-electron chi connectivity index (χ4n) is 1.46. The predicted octanol–water partition coefficient (Wildman–Crippen LogP) is 0.156. The van der Waals surface area contributed by atoms with E-state index in [0.717, 1.165) is 25.9 Å². The lowest BCUT2D eigenvalue weighted by Crippen LogP contribution is -2.32. The first-order valence-corrected chi connectivity index (χ1v) is 4.21. The number of hydrogen-bond acceptors (Lipinski definition) is 3. The fourth-order valence-corrected chi connectivity index (χ4v) is 1.46. The lowest BCUT2D eigenvalue weighted by atomic mass is 9.92. The first-order valence-electron chi connectivity index (χ1n) is 4.21. The Morgan fingerprint density at radius 1 is 1.45 bits per heavy atom. The van der Waals surface area contributed by atoms with Gasteiger partial charge in [0.1, 0.15) is 0 Å². The molecule has 3 nitrogen and oxygen atoms in total. The quantitative estimate of drug-likeness (QED) is 0.618. The summed E-state index contributed by atoms with van der Waals surface area (Å²) in [6.07, 6.45) is 2.33. The zero-order valence-electron chi connectivity index (χ0n) is 6.70. The molecular weight excluding hydrogens is 144 g/mol. The Labute approximate surface area is 67.0 Å². The summed E-state index contributed by atoms with van der Waals surface area (Å²) in [7, 11) is 0. The SMILES string of the molecule is OCCCC1CCOCC1O. The van der Waals surface area contributed by atoms with Crippen LogP contribution >= 0.6 is 0 Å². The highest BCUT2D eigenvalue weighted by Gasteiger charge is 2.22. The molecule has 0 saturated carbocycles. The molecule has 2 unspecified atom stereocenters. The van der Waals surface area contributed by atoms with Gasteiger partial charge in [0.2, 0.25) is 0 Å². The van der Waals surface area contributed by atoms with Crippen LogP contribution in [0.3, 0.4) is 0 Å². The van der Waals surface area contributed by atoms with Crippen molar-refractivity contribution in [3.63, 3.8) is 0 Å². The molecule has 0 amide bonds. The van der Waals surface area contributed by atoms with E-state index in [-0.39, 0.29) is 12.7 Å². The number of ether oxygens (including phenoxy) is 1. The van der Waals surface area contributed by atoms with Crippen LogP contribution in [0, 0.1) is 5.92 Å². The van der Waals surface area contributed by atoms with Crippen LogP contribution in [-0.4, -0.2) is 36.1 Å². The summed E-state index contributed by atoms with van der Waals surface area (Å²) >= 11 is 0. The standard InChI is InChI=1S/C8H16O3/c9-4-1-2-7-3-5-11-6-8(7)10/h7-10H,1-6H2. The fraction of sp³-hybridized carbons (Fsp3) is 1.00. The summed E-state index contributed by atoms with van der Waals surface area (Å²) in [6, 6.07) is 0. The molecular formula is C8H16O3. The molecule has 1 fully saturated rings. The maximum absolute atomic E-state index is 9.39. The Morgan fingerprint density at radius 3 is 2.91 bits per heavy atom. The second-order valence-corrected chi connectivity index (χ2v) is 3.06. The number of hydrogen-bond donors (Lipinski definition) is 2. The van der Waals surface area contributed by atoms with Gasteiger partial charge < -0.3 is 14.9 Å². The second-order valence-electron chi connectivity index (χ2n) is 3.06. The van der Waals surface area contributed by atoms with Crippen molar-refractivity contribution in [3.05, 3.63) is 0 Å². The molecule has 1 aliphatic rings. The monoisotopic (exact) mass is 160 g/mol. The average molecular weight is 160 g/mol. The lowest BCUT2D eigenvalue weighted by Gasteiger charge is -2.27. The number of rotatable bonds is 3. The van der Waals surface area contributed by atoms with E-state index >= 15 is 0 Å². The minimum atomic E-state index is -0.310. The Morgan fingerprint density at radius 2 is 2.27 bits per heavy atom. The third kappa shape index (κ3) is 2.77. The van der Waals surface area contributed by atoms with Gasteiger partial charge in [-0.3, -0.25) is 0 Å². The van der Waals surface area contributed by atoms with E-state index in [0.29, 0.717) is 12.5 Å². The minimum absolute atomic E-state index is 0.226. The largest absolute Gasteiger partial charge is 0.396 e. The van der Waals surface area contributed by atoms with Crippen molar-refractivity contribution in [1.29, 1.82) is 0 Å². The van der Waals surface area contributed by atoms with Crippen molar-refractivity contribution < 1.29 is 14.9 Å². The van der Waals surface area contributed by atoms with E-state index < -0.39 is 0 Å². The van der Waals surface area contributed by atoms with Gasteiger partial charge >= 0.3 is 0 Å². The van der Waals surface area contributed by atoms with Crippen molar-refractivity contribution >= 4 is 0 Å². The van der Waals surface area contributed by atoms with Gasteiger partial charge in [0, 0.05) is 13.2 Å². The summed E-state index contributed by atoms with van der Waals surface area (Å²) in [5.41, 5.74) is 0. The average Bonchev–Trinajstić information content (AvgIpc) is 2.03. The number of aliphatic hydroxyl groups is 2. The van der Waals surface area contributed by atoms with Gasteiger partial charge in [-0.15, -0.1) is 0 Å². The highest BCUT2D eigenvalue weighted by atomic mass is 16.5. The summed E-state index contributed by atoms with van der Waals surface area (Å²) in [4.78, 5) is 0. The van der Waals surface area contributed by atoms with E-state index in [1.165, 1.54) is 0 Å². The molecule has 0 radical (unpaired) electrons. The first kappa shape index (κ1) is 8.97. The number of aliphatic hydroxyl groups excluding tert-OH is 2. The van der Waals surface area contributed by atoms with Gasteiger partial charge in [0.15, 0.2) is 0 Å². The van der Waals surface area contributed by atoms with E-state index in [2.05, 4.69) is 0 Å². The third-order valence-electron chi connectivity index (χ3n) is 2.20. The van der Waals surface area contributed by atoms with Crippen LogP contribution in [0.1, 0.15) is 19.3 Å². The van der Waals surface area contributed by atoms with Crippen LogP contribution in [0.25, 0.3) is 0 Å². The van der Waals surface area contributed by atoms with E-state index in [4.69, 9.17) is 9.84 Å². The third-order valence-corrected chi connectivity index (χ3v) is 2.20. The van der Waals surface area contributed by atoms with Crippen molar-refractivity contribution in [2.24, 2.45) is 5.92 Å². The molecule has 0 spiro atoms. The molecule has 0 aromatic carbocycles. The topological polar surface area (TPSA) is 49.7 Å². The van der Waals surface area contributed by atoms with E-state index in [9.17, 15) is 5.11 Å². The molecule has 1 saturated heterocycles. The summed E-state index contributed by atoms with van der Waals surface area (Å²) in [6.45, 7) is 1.45. The van der Waals surface area contributed by atoms with E-state index in [1.807, 2.05) is 0 Å². The van der Waals surface area contributed by atoms with Crippen LogP contribution in [0.15, 0.2) is 0 Å². The van der Waals surface area contributed by atoms with E-state index in [1.54, 1.807) is 0 Å². The van der Waals surface area contributed by atoms with Crippen LogP contribution < -0.4 is 0 Å². The Bertz CT molecular complexity index is 106. The van der Waals surface area contributed by atoms with Crippen molar-refractivity contribution in [1.82, 2.24) is 0 Å². The maximum Gasteiger partial charge on any atom is 0.0802 e. The summed E-state index contributed by atoms with van der Waals surface area (Å²) in [5, 5.41) is 18.0. The van der Waals surface area contributed by atoms with Crippen molar-refractivity contribution in [2.45, 2.75) is 25.4 Å². The van der Waals surface area contributed by atoms with Gasteiger partial charge in [0.25, 0.3) is 0 Å². The van der Waals surface area contributed by atoms with Gasteiger partial charge in [-0.05, 0) is 25.2 Å². The van der Waals surface area contributed by atoms with Crippen LogP contribution in [0.5, 0.6) is 0 Å². The molecule has 0 bridgehead atoms. The highest BCUT2D eigenvalue weighted by molar-refractivity contribution is 4.72. The molecule has 0 aromatic rings. The Hall–Kier alpha value is -0.120. The predicted molar refractivity (Wildman–Crippen MR) is 41.3 cm³/mol. The smallest absolute Gasteiger partial charge is 0.0802 e. The van der Waals surface area contributed by atoms with Gasteiger partial charge in [-0.1, -0.05) is 0 Å². The molecule has 1 aliphatic heterocycles. The minimum Gasteiger partial charge on any atom is -0.396 e. The van der Waals surface area contributed by atoms with Crippen molar-refractivity contribution in [3.8, 4) is 0 Å². The molecule has 2 atom stereocenters. The molecule has 0 aliphatic carbocycles. The van der Waals surface area contributed by atoms with Crippen LogP contribution in [0.2, 0.25) is 0 Å². The molecule has 11 heavy (non-hydrogen) atoms. The Balaban J connectivity index is 2.18. The molecule has 66 valence electrons. The normalized spacial score (nSPS) is 32.2. The summed E-state index contributed by atoms with van der Waals surface area (Å²) in [5.74, 6) is 0.343. The van der Waals surface area contributed by atoms with Crippen LogP contribution in [-0.2, 0) is 4.74 Å². The maximum atomic E-state index is 9.39. The summed E-state index contributed by atoms with van der Waals surface area (Å²) < 4.78 is 5.08. The Kier molecular flexibility index (Phi) is 3.83. The zero-order chi connectivity index (χ0) is 8.10. The molecule has 2 N–H and O–H groups in total. The zero-order valence-corrected chi connectivity index (χ0v) is 6.70. The van der Waals surface area contributed by atoms with Gasteiger partial charge in [0.05, 0.1) is 12.7 Å². The lowest BCUT2D eigenvalue weighted by molar-refractivity contribution is -0.0472. The second kappa shape index (κ2) is 4.70. The molecule has 1 heterocycles. The van der Waals surface area contributed by atoms with Crippen LogP contribution in [0.4, 0.5) is 0 Å². The molecule has 1 rings (SSSR count). The van der Waals surface area contributed by atoms with Crippen molar-refractivity contribution in [2.75, 3.05) is 19.8 Å². The molecule has 3 heteroatoms. The van der Waals surface area contributed by atoms with Gasteiger partial charge in [-0.2, -0.15) is 0 Å².